The molecule has 26 heavy (non-hydrogen) atoms. The van der Waals surface area contributed by atoms with E-state index in [1.165, 1.54) is 5.56 Å². The lowest BCUT2D eigenvalue weighted by Gasteiger charge is -2.27. The maximum atomic E-state index is 12.4. The summed E-state index contributed by atoms with van der Waals surface area (Å²) in [6.07, 6.45) is 2.81. The third-order valence-electron chi connectivity index (χ3n) is 4.73. The van der Waals surface area contributed by atoms with Gasteiger partial charge in [-0.05, 0) is 62.6 Å². The predicted octanol–water partition coefficient (Wildman–Crippen LogP) is 4.09. The average Bonchev–Trinajstić information content (AvgIpc) is 2.64. The topological polar surface area (TPSA) is 53.2 Å². The van der Waals surface area contributed by atoms with E-state index in [1.54, 1.807) is 0 Å². The van der Waals surface area contributed by atoms with Gasteiger partial charge in [0.1, 0.15) is 0 Å². The van der Waals surface area contributed by atoms with Crippen LogP contribution in [0.25, 0.3) is 0 Å². The number of hydrogen-bond donors (Lipinski definition) is 3. The first-order chi connectivity index (χ1) is 12.2. The molecule has 2 aromatic carbocycles. The molecular formula is C21H28ClN3O. The quantitative estimate of drug-likeness (QED) is 0.714. The number of benzene rings is 2. The number of carbonyl (C=O) groups excluding carboxylic acids is 1. The summed E-state index contributed by atoms with van der Waals surface area (Å²) in [6, 6.07) is 18.8. The Morgan fingerprint density at radius 3 is 2.46 bits per heavy atom. The van der Waals surface area contributed by atoms with Gasteiger partial charge in [0.15, 0.2) is 0 Å². The number of nitrogens with one attached hydrogen (secondary N) is 3. The molecule has 2 aromatic rings. The highest BCUT2D eigenvalue weighted by Gasteiger charge is 2.24. The minimum atomic E-state index is 0. The van der Waals surface area contributed by atoms with E-state index in [1.807, 2.05) is 30.3 Å². The Balaban J connectivity index is 0.00000243. The second-order valence-corrected chi connectivity index (χ2v) is 6.81. The van der Waals surface area contributed by atoms with Crippen molar-refractivity contribution >= 4 is 29.7 Å². The largest absolute Gasteiger partial charge is 0.385 e. The Morgan fingerprint density at radius 2 is 1.77 bits per heavy atom. The zero-order valence-electron chi connectivity index (χ0n) is 15.2. The lowest BCUT2D eigenvalue weighted by molar-refractivity contribution is -0.120. The molecule has 1 amide bonds. The molecule has 5 heteroatoms. The van der Waals surface area contributed by atoms with Crippen LogP contribution in [0.5, 0.6) is 0 Å². The molecule has 0 spiro atoms. The van der Waals surface area contributed by atoms with E-state index in [9.17, 15) is 4.79 Å². The van der Waals surface area contributed by atoms with Crippen molar-refractivity contribution in [1.29, 1.82) is 0 Å². The third-order valence-corrected chi connectivity index (χ3v) is 4.73. The van der Waals surface area contributed by atoms with Crippen molar-refractivity contribution in [3.63, 3.8) is 0 Å². The Hall–Kier alpha value is -2.04. The summed E-state index contributed by atoms with van der Waals surface area (Å²) in [7, 11) is 0. The zero-order valence-corrected chi connectivity index (χ0v) is 16.0. The minimum absolute atomic E-state index is 0. The van der Waals surface area contributed by atoms with Crippen LogP contribution in [0.15, 0.2) is 54.6 Å². The summed E-state index contributed by atoms with van der Waals surface area (Å²) < 4.78 is 0. The van der Waals surface area contributed by atoms with Crippen LogP contribution in [-0.4, -0.2) is 25.0 Å². The van der Waals surface area contributed by atoms with Gasteiger partial charge in [0.2, 0.25) is 5.91 Å². The van der Waals surface area contributed by atoms with Crippen LogP contribution >= 0.6 is 12.4 Å². The van der Waals surface area contributed by atoms with Crippen molar-refractivity contribution in [2.75, 3.05) is 23.7 Å². The molecule has 0 unspecified atom stereocenters. The van der Waals surface area contributed by atoms with Crippen molar-refractivity contribution < 1.29 is 4.79 Å². The Morgan fingerprint density at radius 1 is 1.08 bits per heavy atom. The second-order valence-electron chi connectivity index (χ2n) is 6.81. The molecular weight excluding hydrogens is 346 g/mol. The zero-order chi connectivity index (χ0) is 17.5. The van der Waals surface area contributed by atoms with Crippen LogP contribution < -0.4 is 16.0 Å². The van der Waals surface area contributed by atoms with Gasteiger partial charge in [-0.15, -0.1) is 12.4 Å². The number of piperidine rings is 1. The Kier molecular flexibility index (Phi) is 7.95. The van der Waals surface area contributed by atoms with Crippen LogP contribution in [0.2, 0.25) is 0 Å². The van der Waals surface area contributed by atoms with Crippen molar-refractivity contribution in [3.05, 3.63) is 60.2 Å². The minimum Gasteiger partial charge on any atom is -0.385 e. The lowest BCUT2D eigenvalue weighted by Crippen LogP contribution is -2.40. The molecule has 3 N–H and O–H groups in total. The van der Waals surface area contributed by atoms with E-state index in [-0.39, 0.29) is 24.2 Å². The Bertz CT molecular complexity index is 675. The van der Waals surface area contributed by atoms with E-state index in [2.05, 4.69) is 47.1 Å². The van der Waals surface area contributed by atoms with Gasteiger partial charge in [-0.25, -0.2) is 0 Å². The van der Waals surface area contributed by atoms with Gasteiger partial charge in [0, 0.05) is 29.9 Å². The standard InChI is InChI=1S/C21H27N3O.ClH/c1-16-15-18(12-14-22-16)21(25)24-20-9-7-19(8-10-20)23-13-11-17-5-3-2-4-6-17;/h2-10,16,18,22-23H,11-15H2,1H3,(H,24,25);1H/t16-,18-;/m0./s1. The number of amides is 1. The molecule has 1 fully saturated rings. The monoisotopic (exact) mass is 373 g/mol. The van der Waals surface area contributed by atoms with Crippen molar-refractivity contribution in [2.45, 2.75) is 32.2 Å². The van der Waals surface area contributed by atoms with E-state index < -0.39 is 0 Å². The van der Waals surface area contributed by atoms with E-state index in [0.717, 1.165) is 43.7 Å². The van der Waals surface area contributed by atoms with E-state index >= 15 is 0 Å². The van der Waals surface area contributed by atoms with Crippen LogP contribution in [-0.2, 0) is 11.2 Å². The summed E-state index contributed by atoms with van der Waals surface area (Å²) in [4.78, 5) is 12.4. The number of carbonyl (C=O) groups is 1. The molecule has 1 aliphatic heterocycles. The van der Waals surface area contributed by atoms with E-state index in [4.69, 9.17) is 0 Å². The van der Waals surface area contributed by atoms with Gasteiger partial charge >= 0.3 is 0 Å². The number of anilines is 2. The van der Waals surface area contributed by atoms with Crippen molar-refractivity contribution in [1.82, 2.24) is 5.32 Å². The van der Waals surface area contributed by atoms with Gasteiger partial charge in [0.05, 0.1) is 0 Å². The van der Waals surface area contributed by atoms with Crippen LogP contribution in [0, 0.1) is 5.92 Å². The molecule has 0 radical (unpaired) electrons. The summed E-state index contributed by atoms with van der Waals surface area (Å²) in [5.74, 6) is 0.248. The summed E-state index contributed by atoms with van der Waals surface area (Å²) >= 11 is 0. The highest BCUT2D eigenvalue weighted by atomic mass is 35.5. The summed E-state index contributed by atoms with van der Waals surface area (Å²) in [5, 5.41) is 9.85. The molecule has 3 rings (SSSR count). The number of hydrogen-bond acceptors (Lipinski definition) is 3. The molecule has 2 atom stereocenters. The third kappa shape index (κ3) is 6.04. The molecule has 1 saturated heterocycles. The maximum Gasteiger partial charge on any atom is 0.227 e. The fourth-order valence-electron chi connectivity index (χ4n) is 3.28. The predicted molar refractivity (Wildman–Crippen MR) is 111 cm³/mol. The molecule has 0 bridgehead atoms. The molecule has 0 aliphatic carbocycles. The molecule has 140 valence electrons. The molecule has 1 aliphatic rings. The lowest BCUT2D eigenvalue weighted by atomic mass is 9.92. The number of halogens is 1. The van der Waals surface area contributed by atoms with E-state index in [0.29, 0.717) is 6.04 Å². The van der Waals surface area contributed by atoms with Crippen LogP contribution in [0.4, 0.5) is 11.4 Å². The van der Waals surface area contributed by atoms with Crippen LogP contribution in [0.3, 0.4) is 0 Å². The van der Waals surface area contributed by atoms with Gasteiger partial charge in [-0.2, -0.15) is 0 Å². The highest BCUT2D eigenvalue weighted by molar-refractivity contribution is 5.92. The van der Waals surface area contributed by atoms with Gasteiger partial charge < -0.3 is 16.0 Å². The van der Waals surface area contributed by atoms with Gasteiger partial charge in [-0.1, -0.05) is 30.3 Å². The summed E-state index contributed by atoms with van der Waals surface area (Å²) in [6.45, 7) is 3.95. The van der Waals surface area contributed by atoms with Crippen LogP contribution in [0.1, 0.15) is 25.3 Å². The van der Waals surface area contributed by atoms with Gasteiger partial charge in [0.25, 0.3) is 0 Å². The smallest absolute Gasteiger partial charge is 0.227 e. The normalized spacial score (nSPS) is 19.3. The Labute approximate surface area is 162 Å². The van der Waals surface area contributed by atoms with Crippen molar-refractivity contribution in [2.24, 2.45) is 5.92 Å². The average molecular weight is 374 g/mol. The fourth-order valence-corrected chi connectivity index (χ4v) is 3.28. The maximum absolute atomic E-state index is 12.4. The number of rotatable bonds is 6. The van der Waals surface area contributed by atoms with Crippen molar-refractivity contribution in [3.8, 4) is 0 Å². The SMILES string of the molecule is C[C@H]1C[C@@H](C(=O)Nc2ccc(NCCc3ccccc3)cc2)CCN1.Cl. The second kappa shape index (κ2) is 10.2. The molecule has 1 heterocycles. The summed E-state index contributed by atoms with van der Waals surface area (Å²) in [5.41, 5.74) is 3.27. The fraction of sp³-hybridized carbons (Fsp3) is 0.381. The highest BCUT2D eigenvalue weighted by Crippen LogP contribution is 2.20. The first-order valence-corrected chi connectivity index (χ1v) is 9.13. The molecule has 0 aromatic heterocycles. The first-order valence-electron chi connectivity index (χ1n) is 9.13. The first kappa shape index (κ1) is 20.3. The molecule has 4 nitrogen and oxygen atoms in total. The molecule has 0 saturated carbocycles. The van der Waals surface area contributed by atoms with Gasteiger partial charge in [-0.3, -0.25) is 4.79 Å².